The molecular weight excluding hydrogens is 454 g/mol. The minimum atomic E-state index is -0.319. The first-order chi connectivity index (χ1) is 10.5. The van der Waals surface area contributed by atoms with Crippen LogP contribution in [0, 0.1) is 5.41 Å². The summed E-state index contributed by atoms with van der Waals surface area (Å²) in [5.74, 6) is -0.274. The Labute approximate surface area is 150 Å². The summed E-state index contributed by atoms with van der Waals surface area (Å²) in [4.78, 5) is 18.1. The molecule has 0 spiro atoms. The maximum absolute atomic E-state index is 12.5. The van der Waals surface area contributed by atoms with Gasteiger partial charge in [0, 0.05) is 21.6 Å². The van der Waals surface area contributed by atoms with Gasteiger partial charge in [-0.1, -0.05) is 15.9 Å². The van der Waals surface area contributed by atoms with E-state index in [4.69, 9.17) is 5.41 Å². The van der Waals surface area contributed by atoms with Crippen molar-refractivity contribution in [2.24, 2.45) is 0 Å². The Kier molecular flexibility index (Phi) is 4.40. The molecule has 2 aromatic rings. The predicted octanol–water partition coefficient (Wildman–Crippen LogP) is 4.43. The van der Waals surface area contributed by atoms with Crippen molar-refractivity contribution in [2.45, 2.75) is 0 Å². The third-order valence-electron chi connectivity index (χ3n) is 2.78. The molecule has 1 saturated heterocycles. The number of carbonyl (C=O) groups excluding carboxylic acids is 1. The Hall–Kier alpha value is -1.16. The highest BCUT2D eigenvalue weighted by Crippen LogP contribution is 2.39. The van der Waals surface area contributed by atoms with Crippen molar-refractivity contribution in [1.82, 2.24) is 4.98 Å². The number of hydrogen-bond acceptors (Lipinski definition) is 6. The predicted molar refractivity (Wildman–Crippen MR) is 96.4 cm³/mol. The molecule has 1 aromatic heterocycles. The van der Waals surface area contributed by atoms with E-state index in [1.165, 1.54) is 16.2 Å². The average Bonchev–Trinajstić information content (AvgIpc) is 3.05. The number of thiazole rings is 1. The number of anilines is 1. The van der Waals surface area contributed by atoms with Crippen LogP contribution in [-0.2, 0) is 4.79 Å². The van der Waals surface area contributed by atoms with Crippen LogP contribution in [0.1, 0.15) is 5.56 Å². The Balaban J connectivity index is 2.00. The number of amides is 1. The molecule has 3 rings (SSSR count). The maximum atomic E-state index is 12.5. The van der Waals surface area contributed by atoms with E-state index in [1.807, 2.05) is 0 Å². The van der Waals surface area contributed by atoms with E-state index in [1.54, 1.807) is 29.8 Å². The molecule has 0 aliphatic carbocycles. The van der Waals surface area contributed by atoms with Crippen molar-refractivity contribution in [3.05, 3.63) is 43.1 Å². The number of thioether (sulfide) groups is 1. The van der Waals surface area contributed by atoms with E-state index >= 15 is 0 Å². The third kappa shape index (κ3) is 2.85. The fraction of sp³-hybridized carbons (Fsp3) is 0. The quantitative estimate of drug-likeness (QED) is 0.650. The fourth-order valence-electron chi connectivity index (χ4n) is 1.82. The second kappa shape index (κ2) is 6.15. The van der Waals surface area contributed by atoms with Gasteiger partial charge >= 0.3 is 0 Å². The zero-order valence-electron chi connectivity index (χ0n) is 10.7. The van der Waals surface area contributed by atoms with Crippen molar-refractivity contribution >= 4 is 77.2 Å². The largest absolute Gasteiger partial charge is 0.506 e. The zero-order valence-corrected chi connectivity index (χ0v) is 15.5. The lowest BCUT2D eigenvalue weighted by molar-refractivity contribution is -0.113. The fourth-order valence-corrected chi connectivity index (χ4v) is 4.62. The van der Waals surface area contributed by atoms with Crippen LogP contribution in [-0.4, -0.2) is 21.2 Å². The number of nitrogens with zero attached hydrogens (tertiary/aromatic N) is 2. The minimum absolute atomic E-state index is 0.0447. The van der Waals surface area contributed by atoms with Crippen molar-refractivity contribution < 1.29 is 9.90 Å². The molecular formula is C13H7Br2N3O2S2. The number of phenols is 1. The lowest BCUT2D eigenvalue weighted by Crippen LogP contribution is -2.27. The molecule has 0 saturated carbocycles. The number of benzene rings is 1. The lowest BCUT2D eigenvalue weighted by Gasteiger charge is -2.09. The van der Waals surface area contributed by atoms with Gasteiger partial charge in [-0.25, -0.2) is 9.88 Å². The molecule has 1 aliphatic rings. The highest BCUT2D eigenvalue weighted by atomic mass is 79.9. The van der Waals surface area contributed by atoms with Gasteiger partial charge in [0.05, 0.1) is 9.38 Å². The molecule has 5 nitrogen and oxygen atoms in total. The molecule has 112 valence electrons. The van der Waals surface area contributed by atoms with Crippen LogP contribution in [0.25, 0.3) is 6.08 Å². The van der Waals surface area contributed by atoms with E-state index in [2.05, 4.69) is 36.8 Å². The molecule has 9 heteroatoms. The minimum Gasteiger partial charge on any atom is -0.506 e. The molecule has 2 heterocycles. The number of rotatable bonds is 2. The Morgan fingerprint density at radius 1 is 1.36 bits per heavy atom. The second-order valence-electron chi connectivity index (χ2n) is 4.20. The van der Waals surface area contributed by atoms with Crippen molar-refractivity contribution in [3.63, 3.8) is 0 Å². The molecule has 0 radical (unpaired) electrons. The molecule has 1 amide bonds. The molecule has 0 atom stereocenters. The van der Waals surface area contributed by atoms with Crippen LogP contribution in [0.3, 0.4) is 0 Å². The number of phenolic OH excluding ortho intramolecular Hbond substituents is 1. The van der Waals surface area contributed by atoms with Crippen molar-refractivity contribution in [3.8, 4) is 5.75 Å². The summed E-state index contributed by atoms with van der Waals surface area (Å²) in [5.41, 5.74) is 0.492. The number of aromatic hydroxyl groups is 1. The normalized spacial score (nSPS) is 16.8. The van der Waals surface area contributed by atoms with Gasteiger partial charge in [0.15, 0.2) is 10.3 Å². The van der Waals surface area contributed by atoms with Crippen molar-refractivity contribution in [2.75, 3.05) is 4.90 Å². The highest BCUT2D eigenvalue weighted by molar-refractivity contribution is 9.11. The van der Waals surface area contributed by atoms with Crippen molar-refractivity contribution in [1.29, 1.82) is 5.41 Å². The number of aromatic nitrogens is 1. The van der Waals surface area contributed by atoms with Gasteiger partial charge in [-0.3, -0.25) is 10.2 Å². The summed E-state index contributed by atoms with van der Waals surface area (Å²) < 4.78 is 1.29. The topological polar surface area (TPSA) is 77.3 Å². The van der Waals surface area contributed by atoms with Gasteiger partial charge < -0.3 is 5.11 Å². The molecule has 1 aromatic carbocycles. The average molecular weight is 461 g/mol. The summed E-state index contributed by atoms with van der Waals surface area (Å²) in [5, 5.41) is 20.3. The van der Waals surface area contributed by atoms with Gasteiger partial charge in [-0.15, -0.1) is 11.3 Å². The van der Waals surface area contributed by atoms with E-state index in [9.17, 15) is 9.90 Å². The standard InChI is InChI=1S/C13H7Br2N3O2S2/c14-7-3-6(10(19)8(15)5-7)4-9-11(20)18(12(16)22-9)13-17-1-2-21-13/h1-5,16,19H/b9-4-,16-12?. The number of hydrogen-bond donors (Lipinski definition) is 2. The van der Waals surface area contributed by atoms with Gasteiger partial charge in [0.1, 0.15) is 5.75 Å². The first kappa shape index (κ1) is 15.7. The van der Waals surface area contributed by atoms with Crippen LogP contribution in [0.15, 0.2) is 37.6 Å². The number of carbonyl (C=O) groups is 1. The van der Waals surface area contributed by atoms with Crippen LogP contribution in [0.2, 0.25) is 0 Å². The van der Waals surface area contributed by atoms with Crippen LogP contribution < -0.4 is 4.90 Å². The molecule has 0 unspecified atom stereocenters. The van der Waals surface area contributed by atoms with Crippen LogP contribution in [0.4, 0.5) is 5.13 Å². The highest BCUT2D eigenvalue weighted by Gasteiger charge is 2.35. The summed E-state index contributed by atoms with van der Waals surface area (Å²) in [6.07, 6.45) is 3.16. The van der Waals surface area contributed by atoms with Gasteiger partial charge in [-0.2, -0.15) is 0 Å². The second-order valence-corrected chi connectivity index (χ2v) is 7.87. The first-order valence-electron chi connectivity index (χ1n) is 5.87. The SMILES string of the molecule is N=C1S/C(=C\c2cc(Br)cc(Br)c2O)C(=O)N1c1nccs1. The Morgan fingerprint density at radius 2 is 2.14 bits per heavy atom. The summed E-state index contributed by atoms with van der Waals surface area (Å²) in [7, 11) is 0. The number of halogens is 2. The molecule has 2 N–H and O–H groups in total. The number of amidine groups is 1. The van der Waals surface area contributed by atoms with Gasteiger partial charge in [-0.05, 0) is 45.9 Å². The Morgan fingerprint density at radius 3 is 2.82 bits per heavy atom. The van der Waals surface area contributed by atoms with Gasteiger partial charge in [0.2, 0.25) is 0 Å². The number of nitrogens with one attached hydrogen (secondary N) is 1. The van der Waals surface area contributed by atoms with E-state index in [0.717, 1.165) is 16.2 Å². The van der Waals surface area contributed by atoms with E-state index in [0.29, 0.717) is 20.1 Å². The smallest absolute Gasteiger partial charge is 0.273 e. The summed E-state index contributed by atoms with van der Waals surface area (Å²) >= 11 is 8.93. The van der Waals surface area contributed by atoms with E-state index < -0.39 is 0 Å². The van der Waals surface area contributed by atoms with Gasteiger partial charge in [0.25, 0.3) is 5.91 Å². The summed E-state index contributed by atoms with van der Waals surface area (Å²) in [6.45, 7) is 0. The molecule has 1 aliphatic heterocycles. The van der Waals surface area contributed by atoms with E-state index in [-0.39, 0.29) is 16.8 Å². The molecule has 22 heavy (non-hydrogen) atoms. The molecule has 1 fully saturated rings. The Bertz CT molecular complexity index is 806. The third-order valence-corrected chi connectivity index (χ3v) is 5.49. The first-order valence-corrected chi connectivity index (χ1v) is 9.15. The van der Waals surface area contributed by atoms with Crippen LogP contribution >= 0.6 is 55.0 Å². The van der Waals surface area contributed by atoms with Crippen LogP contribution in [0.5, 0.6) is 5.75 Å². The monoisotopic (exact) mass is 459 g/mol. The maximum Gasteiger partial charge on any atom is 0.273 e. The summed E-state index contributed by atoms with van der Waals surface area (Å²) in [6, 6.07) is 3.42. The lowest BCUT2D eigenvalue weighted by atomic mass is 10.2. The molecule has 0 bridgehead atoms. The zero-order chi connectivity index (χ0) is 15.9.